The number of nitrogens with zero attached hydrogens (tertiary/aromatic N) is 4. The predicted molar refractivity (Wildman–Crippen MR) is 105 cm³/mol. The minimum atomic E-state index is -0.529. The predicted octanol–water partition coefficient (Wildman–Crippen LogP) is 4.32. The molecule has 0 fully saturated rings. The number of ether oxygens (including phenoxy) is 1. The summed E-state index contributed by atoms with van der Waals surface area (Å²) in [6, 6.07) is 17.2. The van der Waals surface area contributed by atoms with Gasteiger partial charge in [-0.3, -0.25) is 0 Å². The second-order valence-corrected chi connectivity index (χ2v) is 6.70. The lowest BCUT2D eigenvalue weighted by molar-refractivity contribution is 0.156. The molecule has 0 N–H and O–H groups in total. The van der Waals surface area contributed by atoms with Crippen molar-refractivity contribution in [2.75, 3.05) is 6.54 Å². The van der Waals surface area contributed by atoms with Gasteiger partial charge < -0.3 is 9.64 Å². The molecule has 0 unspecified atom stereocenters. The first kappa shape index (κ1) is 18.2. The van der Waals surface area contributed by atoms with Crippen LogP contribution in [-0.4, -0.2) is 22.9 Å². The molecular weight excluding hydrogens is 336 g/mol. The lowest BCUT2D eigenvalue weighted by Crippen LogP contribution is -2.36. The molecule has 27 heavy (non-hydrogen) atoms. The molecule has 0 atom stereocenters. The summed E-state index contributed by atoms with van der Waals surface area (Å²) in [5.41, 5.74) is 2.57. The van der Waals surface area contributed by atoms with Crippen LogP contribution in [0.2, 0.25) is 0 Å². The van der Waals surface area contributed by atoms with Crippen molar-refractivity contribution in [3.8, 4) is 18.0 Å². The molecule has 0 spiro atoms. The summed E-state index contributed by atoms with van der Waals surface area (Å²) >= 11 is 0. The molecule has 1 aliphatic heterocycles. The Balaban J connectivity index is 2.19. The summed E-state index contributed by atoms with van der Waals surface area (Å²) in [6.07, 6.45) is 3.93. The molecule has 2 aromatic rings. The minimum absolute atomic E-state index is 0.529. The van der Waals surface area contributed by atoms with Gasteiger partial charge in [0.05, 0.1) is 17.3 Å². The van der Waals surface area contributed by atoms with E-state index in [1.165, 1.54) is 0 Å². The first-order valence-electron chi connectivity index (χ1n) is 8.75. The van der Waals surface area contributed by atoms with E-state index < -0.39 is 5.60 Å². The van der Waals surface area contributed by atoms with Gasteiger partial charge in [-0.05, 0) is 45.0 Å². The summed E-state index contributed by atoms with van der Waals surface area (Å²) in [4.78, 5) is 6.09. The van der Waals surface area contributed by atoms with Crippen molar-refractivity contribution < 1.29 is 4.74 Å². The zero-order valence-corrected chi connectivity index (χ0v) is 15.6. The number of amidine groups is 1. The van der Waals surface area contributed by atoms with Gasteiger partial charge in [0.15, 0.2) is 5.84 Å². The molecule has 0 saturated carbocycles. The van der Waals surface area contributed by atoms with Gasteiger partial charge in [0.25, 0.3) is 0 Å². The second kappa shape index (κ2) is 7.35. The lowest BCUT2D eigenvalue weighted by atomic mass is 9.96. The number of nitriles is 2. The minimum Gasteiger partial charge on any atom is -0.483 e. The maximum Gasteiger partial charge on any atom is 0.207 e. The molecule has 1 aliphatic rings. The Morgan fingerprint density at radius 1 is 1.15 bits per heavy atom. The van der Waals surface area contributed by atoms with Gasteiger partial charge in [0, 0.05) is 17.7 Å². The van der Waals surface area contributed by atoms with Gasteiger partial charge >= 0.3 is 0 Å². The molecule has 0 bridgehead atoms. The lowest BCUT2D eigenvalue weighted by Gasteiger charge is -2.36. The van der Waals surface area contributed by atoms with Crippen LogP contribution < -0.4 is 4.74 Å². The third kappa shape index (κ3) is 3.68. The van der Waals surface area contributed by atoms with Crippen molar-refractivity contribution in [2.24, 2.45) is 4.99 Å². The first-order valence-corrected chi connectivity index (χ1v) is 8.75. The zero-order chi connectivity index (χ0) is 19.4. The van der Waals surface area contributed by atoms with Crippen LogP contribution in [0.1, 0.15) is 37.5 Å². The van der Waals surface area contributed by atoms with Crippen molar-refractivity contribution in [2.45, 2.75) is 26.4 Å². The third-order valence-electron chi connectivity index (χ3n) is 4.29. The van der Waals surface area contributed by atoms with Crippen LogP contribution in [-0.2, 0) is 0 Å². The molecule has 3 rings (SSSR count). The molecule has 0 amide bonds. The van der Waals surface area contributed by atoms with Gasteiger partial charge in [0.2, 0.25) is 6.19 Å². The van der Waals surface area contributed by atoms with Crippen LogP contribution in [0.25, 0.3) is 5.70 Å². The Hall–Kier alpha value is -3.57. The van der Waals surface area contributed by atoms with Crippen molar-refractivity contribution in [3.05, 3.63) is 71.3 Å². The van der Waals surface area contributed by atoms with Gasteiger partial charge in [-0.15, -0.1) is 0 Å². The Bertz CT molecular complexity index is 991. The van der Waals surface area contributed by atoms with Crippen LogP contribution >= 0.6 is 0 Å². The summed E-state index contributed by atoms with van der Waals surface area (Å²) in [5.74, 6) is 1.28. The van der Waals surface area contributed by atoms with Crippen molar-refractivity contribution in [1.29, 1.82) is 10.5 Å². The molecule has 1 heterocycles. The van der Waals surface area contributed by atoms with Crippen LogP contribution in [0.5, 0.6) is 5.75 Å². The van der Waals surface area contributed by atoms with E-state index in [2.05, 4.69) is 11.1 Å². The van der Waals surface area contributed by atoms with Gasteiger partial charge in [-0.2, -0.15) is 15.5 Å². The molecule has 2 aromatic carbocycles. The normalized spacial score (nSPS) is 14.9. The van der Waals surface area contributed by atoms with E-state index in [1.807, 2.05) is 80.4 Å². The Labute approximate surface area is 159 Å². The number of benzene rings is 2. The molecule has 0 aliphatic carbocycles. The van der Waals surface area contributed by atoms with Crippen molar-refractivity contribution in [3.63, 3.8) is 0 Å². The topological polar surface area (TPSA) is 72.4 Å². The quantitative estimate of drug-likeness (QED) is 0.466. The Morgan fingerprint density at radius 3 is 2.52 bits per heavy atom. The average Bonchev–Trinajstić information content (AvgIpc) is 2.67. The highest BCUT2D eigenvalue weighted by Crippen LogP contribution is 2.38. The van der Waals surface area contributed by atoms with Crippen LogP contribution in [0.15, 0.2) is 59.6 Å². The number of rotatable bonds is 3. The molecule has 0 saturated heterocycles. The van der Waals surface area contributed by atoms with Gasteiger partial charge in [0.1, 0.15) is 11.4 Å². The maximum atomic E-state index is 9.30. The summed E-state index contributed by atoms with van der Waals surface area (Å²) < 4.78 is 6.07. The number of fused-ring (bicyclic) bond motifs is 1. The molecule has 5 heteroatoms. The third-order valence-corrected chi connectivity index (χ3v) is 4.29. The molecular formula is C22H20N4O. The van der Waals surface area contributed by atoms with E-state index in [0.717, 1.165) is 16.8 Å². The van der Waals surface area contributed by atoms with E-state index >= 15 is 0 Å². The Morgan fingerprint density at radius 2 is 1.89 bits per heavy atom. The van der Waals surface area contributed by atoms with Crippen molar-refractivity contribution in [1.82, 2.24) is 4.90 Å². The number of hydrogen-bond acceptors (Lipinski definition) is 4. The van der Waals surface area contributed by atoms with E-state index in [1.54, 1.807) is 6.07 Å². The molecule has 0 aromatic heterocycles. The van der Waals surface area contributed by atoms with Crippen molar-refractivity contribution >= 4 is 11.5 Å². The van der Waals surface area contributed by atoms with Gasteiger partial charge in [-0.1, -0.05) is 30.3 Å². The van der Waals surface area contributed by atoms with E-state index in [0.29, 0.717) is 23.7 Å². The zero-order valence-electron chi connectivity index (χ0n) is 15.6. The Kier molecular flexibility index (Phi) is 4.96. The monoisotopic (exact) mass is 356 g/mol. The van der Waals surface area contributed by atoms with E-state index in [4.69, 9.17) is 4.74 Å². The molecule has 134 valence electrons. The summed E-state index contributed by atoms with van der Waals surface area (Å²) in [7, 11) is 0. The van der Waals surface area contributed by atoms with Crippen LogP contribution in [0.3, 0.4) is 0 Å². The fourth-order valence-electron chi connectivity index (χ4n) is 3.18. The largest absolute Gasteiger partial charge is 0.483 e. The smallest absolute Gasteiger partial charge is 0.207 e. The second-order valence-electron chi connectivity index (χ2n) is 6.70. The standard InChI is InChI=1S/C22H20N4O/c1-4-26(21(25-15-24)17-8-6-5-7-9-17)19-13-22(2,3)27-20-11-10-16(14-23)12-18(19)20/h5-13H,4H2,1-3H3. The van der Waals surface area contributed by atoms with E-state index in [9.17, 15) is 10.5 Å². The van der Waals surface area contributed by atoms with Gasteiger partial charge in [-0.25, -0.2) is 0 Å². The van der Waals surface area contributed by atoms with Crippen LogP contribution in [0.4, 0.5) is 0 Å². The first-order chi connectivity index (χ1) is 13.0. The van der Waals surface area contributed by atoms with Crippen LogP contribution in [0, 0.1) is 22.8 Å². The van der Waals surface area contributed by atoms with E-state index in [-0.39, 0.29) is 0 Å². The highest BCUT2D eigenvalue weighted by molar-refractivity contribution is 6.04. The molecule has 0 radical (unpaired) electrons. The average molecular weight is 356 g/mol. The SMILES string of the molecule is CCN(C1=CC(C)(C)Oc2ccc(C#N)cc21)C(=NC#N)c1ccccc1. The molecule has 5 nitrogen and oxygen atoms in total. The fraction of sp³-hybridized carbons (Fsp3) is 0.227. The summed E-state index contributed by atoms with van der Waals surface area (Å²) in [6.45, 7) is 6.57. The highest BCUT2D eigenvalue weighted by Gasteiger charge is 2.31. The fourth-order valence-corrected chi connectivity index (χ4v) is 3.18. The highest BCUT2D eigenvalue weighted by atomic mass is 16.5. The number of aliphatic imine (C=N–C) groups is 1. The summed E-state index contributed by atoms with van der Waals surface area (Å²) in [5, 5.41) is 18.6. The maximum absolute atomic E-state index is 9.30. The number of hydrogen-bond donors (Lipinski definition) is 0.